The molecule has 55 heavy (non-hydrogen) atoms. The van der Waals surface area contributed by atoms with Gasteiger partial charge in [-0.3, -0.25) is 0 Å². The molecule has 12 rings (SSSR count). The minimum atomic E-state index is 0.920. The van der Waals surface area contributed by atoms with Crippen LogP contribution in [0.3, 0.4) is 0 Å². The molecule has 0 N–H and O–H groups in total. The molecule has 1 nitrogen and oxygen atoms in total. The van der Waals surface area contributed by atoms with Crippen molar-refractivity contribution in [2.75, 3.05) is 0 Å². The van der Waals surface area contributed by atoms with Crippen molar-refractivity contribution in [3.8, 4) is 33.4 Å². The highest BCUT2D eigenvalue weighted by Crippen LogP contribution is 2.45. The second kappa shape index (κ2) is 11.6. The molecule has 0 spiro atoms. The van der Waals surface area contributed by atoms with Crippen LogP contribution in [0, 0.1) is 0 Å². The van der Waals surface area contributed by atoms with Gasteiger partial charge in [0.1, 0.15) is 11.2 Å². The summed E-state index contributed by atoms with van der Waals surface area (Å²) in [4.78, 5) is 0. The van der Waals surface area contributed by atoms with Crippen molar-refractivity contribution in [3.63, 3.8) is 0 Å². The molecule has 0 aliphatic rings. The van der Waals surface area contributed by atoms with Crippen LogP contribution in [-0.2, 0) is 0 Å². The van der Waals surface area contributed by atoms with Crippen LogP contribution in [0.5, 0.6) is 0 Å². The minimum absolute atomic E-state index is 0.920. The SMILES string of the molecule is c1ccc(-c2c3ccccc3c(-c3ccc4cc(-c5ccc6cc7c(cc6c5)oc5c6ccccc6c6ccccc6c75)ccc4c3)c3ccccc23)cc1. The van der Waals surface area contributed by atoms with Crippen LogP contribution in [0.25, 0.3) is 120 Å². The molecule has 12 aromatic rings. The smallest absolute Gasteiger partial charge is 0.143 e. The Hall–Kier alpha value is -7.22. The average Bonchev–Trinajstić information content (AvgIpc) is 3.63. The Kier molecular flexibility index (Phi) is 6.40. The van der Waals surface area contributed by atoms with Crippen molar-refractivity contribution in [2.45, 2.75) is 0 Å². The van der Waals surface area contributed by atoms with E-state index in [-0.39, 0.29) is 0 Å². The zero-order valence-electron chi connectivity index (χ0n) is 29.9. The van der Waals surface area contributed by atoms with Gasteiger partial charge in [-0.2, -0.15) is 0 Å². The van der Waals surface area contributed by atoms with Crippen LogP contribution in [0.2, 0.25) is 0 Å². The Labute approximate surface area is 317 Å². The molecule has 254 valence electrons. The van der Waals surface area contributed by atoms with Gasteiger partial charge >= 0.3 is 0 Å². The summed E-state index contributed by atoms with van der Waals surface area (Å²) in [5.74, 6) is 0. The van der Waals surface area contributed by atoms with Gasteiger partial charge in [-0.25, -0.2) is 0 Å². The fourth-order valence-corrected chi connectivity index (χ4v) is 9.26. The highest BCUT2D eigenvalue weighted by atomic mass is 16.3. The number of benzene rings is 11. The molecule has 0 bridgehead atoms. The van der Waals surface area contributed by atoms with Crippen LogP contribution in [0.1, 0.15) is 0 Å². The summed E-state index contributed by atoms with van der Waals surface area (Å²) in [5, 5.41) is 17.1. The topological polar surface area (TPSA) is 13.1 Å². The van der Waals surface area contributed by atoms with E-state index >= 15 is 0 Å². The predicted molar refractivity (Wildman–Crippen MR) is 235 cm³/mol. The fourth-order valence-electron chi connectivity index (χ4n) is 9.26. The molecular formula is C54H32O. The van der Waals surface area contributed by atoms with Gasteiger partial charge in [-0.15, -0.1) is 0 Å². The predicted octanol–water partition coefficient (Wildman–Crippen LogP) is 15.5. The third-order valence-electron chi connectivity index (χ3n) is 11.8. The van der Waals surface area contributed by atoms with Gasteiger partial charge < -0.3 is 4.42 Å². The molecule has 0 radical (unpaired) electrons. The van der Waals surface area contributed by atoms with E-state index in [1.807, 2.05) is 0 Å². The van der Waals surface area contributed by atoms with Gasteiger partial charge in [0.15, 0.2) is 0 Å². The Morgan fingerprint density at radius 2 is 0.691 bits per heavy atom. The standard InChI is InChI=1S/C54H32O/c1-2-12-33(13-3-1)51-44-17-7-9-19-46(44)52(47-20-10-8-18-45(47)51)39-27-26-35-28-34(22-23-36(35)29-39)37-24-25-38-31-49-50(32-40(38)30-37)55-54-48-21-11-5-15-42(48)41-14-4-6-16-43(41)53(49)54/h1-32H. The Morgan fingerprint density at radius 1 is 0.255 bits per heavy atom. The van der Waals surface area contributed by atoms with Gasteiger partial charge in [-0.1, -0.05) is 164 Å². The van der Waals surface area contributed by atoms with Crippen molar-refractivity contribution in [1.29, 1.82) is 0 Å². The lowest BCUT2D eigenvalue weighted by Crippen LogP contribution is -1.90. The van der Waals surface area contributed by atoms with E-state index in [1.54, 1.807) is 0 Å². The number of hydrogen-bond donors (Lipinski definition) is 0. The van der Waals surface area contributed by atoms with Gasteiger partial charge in [0.25, 0.3) is 0 Å². The van der Waals surface area contributed by atoms with Crippen molar-refractivity contribution >= 4 is 86.6 Å². The molecule has 11 aromatic carbocycles. The van der Waals surface area contributed by atoms with Crippen molar-refractivity contribution in [2.24, 2.45) is 0 Å². The molecule has 0 aliphatic carbocycles. The molecule has 1 heterocycles. The Bertz CT molecular complexity index is 3480. The molecule has 1 heteroatoms. The van der Waals surface area contributed by atoms with Gasteiger partial charge in [0, 0.05) is 16.2 Å². The third kappa shape index (κ3) is 4.54. The van der Waals surface area contributed by atoms with E-state index in [0.29, 0.717) is 0 Å². The summed E-state index contributed by atoms with van der Waals surface area (Å²) in [5.41, 5.74) is 9.32. The monoisotopic (exact) mass is 696 g/mol. The average molecular weight is 697 g/mol. The summed E-state index contributed by atoms with van der Waals surface area (Å²) in [6.07, 6.45) is 0. The molecule has 0 saturated carbocycles. The highest BCUT2D eigenvalue weighted by molar-refractivity contribution is 6.31. The second-order valence-electron chi connectivity index (χ2n) is 14.8. The summed E-state index contributed by atoms with van der Waals surface area (Å²) in [6, 6.07) is 71.0. The number of fused-ring (bicyclic) bond motifs is 12. The molecule has 0 atom stereocenters. The van der Waals surface area contributed by atoms with E-state index in [4.69, 9.17) is 4.42 Å². The maximum atomic E-state index is 6.72. The van der Waals surface area contributed by atoms with Crippen LogP contribution >= 0.6 is 0 Å². The molecule has 1 aromatic heterocycles. The molecule has 0 saturated heterocycles. The maximum Gasteiger partial charge on any atom is 0.143 e. The third-order valence-corrected chi connectivity index (χ3v) is 11.8. The Balaban J connectivity index is 0.981. The van der Waals surface area contributed by atoms with E-state index < -0.39 is 0 Å². The lowest BCUT2D eigenvalue weighted by molar-refractivity contribution is 0.673. The first kappa shape index (κ1) is 30.3. The lowest BCUT2D eigenvalue weighted by Gasteiger charge is -2.18. The van der Waals surface area contributed by atoms with Gasteiger partial charge in [0.2, 0.25) is 0 Å². The number of hydrogen-bond acceptors (Lipinski definition) is 1. The number of rotatable bonds is 3. The largest absolute Gasteiger partial charge is 0.455 e. The number of furan rings is 1. The van der Waals surface area contributed by atoms with Crippen molar-refractivity contribution < 1.29 is 4.42 Å². The first-order valence-electron chi connectivity index (χ1n) is 19.0. The van der Waals surface area contributed by atoms with E-state index in [9.17, 15) is 0 Å². The van der Waals surface area contributed by atoms with Gasteiger partial charge in [-0.05, 0) is 123 Å². The maximum absolute atomic E-state index is 6.72. The summed E-state index contributed by atoms with van der Waals surface area (Å²) in [6.45, 7) is 0. The molecule has 0 unspecified atom stereocenters. The highest BCUT2D eigenvalue weighted by Gasteiger charge is 2.18. The Morgan fingerprint density at radius 3 is 1.31 bits per heavy atom. The fraction of sp³-hybridized carbons (Fsp3) is 0. The molecular weight excluding hydrogens is 665 g/mol. The van der Waals surface area contributed by atoms with E-state index in [0.717, 1.165) is 21.9 Å². The van der Waals surface area contributed by atoms with Crippen molar-refractivity contribution in [3.05, 3.63) is 194 Å². The normalized spacial score (nSPS) is 12.0. The van der Waals surface area contributed by atoms with Crippen LogP contribution in [0.15, 0.2) is 199 Å². The lowest BCUT2D eigenvalue weighted by atomic mass is 9.85. The molecule has 0 fully saturated rings. The quantitative estimate of drug-likeness (QED) is 0.132. The molecule has 0 aliphatic heterocycles. The molecule has 0 amide bonds. The van der Waals surface area contributed by atoms with Crippen LogP contribution in [-0.4, -0.2) is 0 Å². The zero-order chi connectivity index (χ0) is 36.0. The minimum Gasteiger partial charge on any atom is -0.455 e. The van der Waals surface area contributed by atoms with E-state index in [1.165, 1.54) is 98.0 Å². The van der Waals surface area contributed by atoms with E-state index in [2.05, 4.69) is 194 Å². The summed E-state index contributed by atoms with van der Waals surface area (Å²) < 4.78 is 6.72. The zero-order valence-corrected chi connectivity index (χ0v) is 29.9. The van der Waals surface area contributed by atoms with Gasteiger partial charge in [0.05, 0.1) is 0 Å². The first-order valence-corrected chi connectivity index (χ1v) is 19.0. The van der Waals surface area contributed by atoms with Crippen molar-refractivity contribution in [1.82, 2.24) is 0 Å². The van der Waals surface area contributed by atoms with Crippen LogP contribution in [0.4, 0.5) is 0 Å². The summed E-state index contributed by atoms with van der Waals surface area (Å²) >= 11 is 0. The summed E-state index contributed by atoms with van der Waals surface area (Å²) in [7, 11) is 0. The van der Waals surface area contributed by atoms with Crippen LogP contribution < -0.4 is 0 Å². The first-order chi connectivity index (χ1) is 27.3. The second-order valence-corrected chi connectivity index (χ2v) is 14.8.